The molecule has 4 heterocycles. The molecule has 6 rings (SSSR count). The first kappa shape index (κ1) is 25.2. The number of aromatic nitrogens is 5. The van der Waals surface area contributed by atoms with E-state index in [1.54, 1.807) is 28.8 Å². The molecule has 13 heteroatoms. The molecule has 2 fully saturated rings. The van der Waals surface area contributed by atoms with Crippen LogP contribution >= 0.6 is 0 Å². The highest BCUT2D eigenvalue weighted by atomic mass is 32.2. The molecule has 0 bridgehead atoms. The number of carbonyl (C=O) groups excluding carboxylic acids is 1. The first-order chi connectivity index (χ1) is 19.0. The molecule has 2 saturated heterocycles. The van der Waals surface area contributed by atoms with Crippen molar-refractivity contribution in [3.63, 3.8) is 0 Å². The SMILES string of the molecule is COc1cccc(-n2nnc3c(N4CCN(C(=O)c5ccc(S(=O)(=O)N6CCCC6)cc5)CC4)ncnc32)c1. The number of hydrogen-bond acceptors (Lipinski definition) is 9. The molecule has 0 saturated carbocycles. The Balaban J connectivity index is 1.15. The van der Waals surface area contributed by atoms with Crippen LogP contribution in [0, 0.1) is 0 Å². The summed E-state index contributed by atoms with van der Waals surface area (Å²) in [5, 5.41) is 8.66. The van der Waals surface area contributed by atoms with E-state index in [-0.39, 0.29) is 10.8 Å². The molecule has 0 aliphatic carbocycles. The van der Waals surface area contributed by atoms with Gasteiger partial charge in [0.1, 0.15) is 12.1 Å². The van der Waals surface area contributed by atoms with Crippen LogP contribution in [0.2, 0.25) is 0 Å². The van der Waals surface area contributed by atoms with E-state index in [9.17, 15) is 13.2 Å². The molecular weight excluding hydrogens is 520 g/mol. The maximum Gasteiger partial charge on any atom is 0.253 e. The van der Waals surface area contributed by atoms with Crippen molar-refractivity contribution >= 4 is 32.9 Å². The van der Waals surface area contributed by atoms with Crippen molar-refractivity contribution in [2.24, 2.45) is 0 Å². The van der Waals surface area contributed by atoms with Gasteiger partial charge in [0, 0.05) is 50.9 Å². The van der Waals surface area contributed by atoms with Gasteiger partial charge in [0.15, 0.2) is 17.0 Å². The molecule has 2 aromatic carbocycles. The molecule has 39 heavy (non-hydrogen) atoms. The fraction of sp³-hybridized carbons (Fsp3) is 0.346. The van der Waals surface area contributed by atoms with E-state index >= 15 is 0 Å². The topological polar surface area (TPSA) is 127 Å². The number of sulfonamides is 1. The molecule has 4 aromatic rings. The van der Waals surface area contributed by atoms with E-state index in [1.165, 1.54) is 22.8 Å². The molecule has 12 nitrogen and oxygen atoms in total. The van der Waals surface area contributed by atoms with Crippen LogP contribution in [0.3, 0.4) is 0 Å². The van der Waals surface area contributed by atoms with Gasteiger partial charge in [-0.2, -0.15) is 8.99 Å². The molecule has 0 atom stereocenters. The van der Waals surface area contributed by atoms with Gasteiger partial charge in [-0.25, -0.2) is 18.4 Å². The highest BCUT2D eigenvalue weighted by Gasteiger charge is 2.29. The number of hydrogen-bond donors (Lipinski definition) is 0. The van der Waals surface area contributed by atoms with Gasteiger partial charge in [0.25, 0.3) is 5.91 Å². The van der Waals surface area contributed by atoms with Gasteiger partial charge in [-0.05, 0) is 49.2 Å². The van der Waals surface area contributed by atoms with Crippen LogP contribution in [-0.2, 0) is 10.0 Å². The van der Waals surface area contributed by atoms with Gasteiger partial charge in [0.05, 0.1) is 17.7 Å². The second-order valence-corrected chi connectivity index (χ2v) is 11.4. The minimum Gasteiger partial charge on any atom is -0.497 e. The number of amides is 1. The molecule has 2 aromatic heterocycles. The summed E-state index contributed by atoms with van der Waals surface area (Å²) in [5.41, 5.74) is 2.40. The Morgan fingerprint density at radius 1 is 0.923 bits per heavy atom. The van der Waals surface area contributed by atoms with Crippen LogP contribution in [0.15, 0.2) is 59.8 Å². The third-order valence-corrected chi connectivity index (χ3v) is 9.10. The minimum atomic E-state index is -3.51. The number of nitrogens with zero attached hydrogens (tertiary/aromatic N) is 8. The summed E-state index contributed by atoms with van der Waals surface area (Å²) in [5.74, 6) is 1.24. The second kappa shape index (κ2) is 10.2. The molecule has 2 aliphatic heterocycles. The number of ether oxygens (including phenoxy) is 1. The van der Waals surface area contributed by atoms with E-state index < -0.39 is 10.0 Å². The van der Waals surface area contributed by atoms with Gasteiger partial charge in [-0.3, -0.25) is 4.79 Å². The largest absolute Gasteiger partial charge is 0.497 e. The molecule has 0 N–H and O–H groups in total. The van der Waals surface area contributed by atoms with Crippen molar-refractivity contribution in [1.29, 1.82) is 0 Å². The quantitative estimate of drug-likeness (QED) is 0.355. The summed E-state index contributed by atoms with van der Waals surface area (Å²) in [6, 6.07) is 13.7. The third-order valence-electron chi connectivity index (χ3n) is 7.19. The zero-order valence-corrected chi connectivity index (χ0v) is 22.3. The van der Waals surface area contributed by atoms with Crippen molar-refractivity contribution in [3.8, 4) is 11.4 Å². The molecule has 202 valence electrons. The van der Waals surface area contributed by atoms with Gasteiger partial charge in [0.2, 0.25) is 10.0 Å². The van der Waals surface area contributed by atoms with Gasteiger partial charge in [-0.15, -0.1) is 5.10 Å². The lowest BCUT2D eigenvalue weighted by molar-refractivity contribution is 0.0746. The van der Waals surface area contributed by atoms with Crippen LogP contribution < -0.4 is 9.64 Å². The van der Waals surface area contributed by atoms with E-state index in [1.807, 2.05) is 24.3 Å². The van der Waals surface area contributed by atoms with Crippen molar-refractivity contribution in [1.82, 2.24) is 34.2 Å². The van der Waals surface area contributed by atoms with E-state index in [2.05, 4.69) is 25.2 Å². The molecule has 1 amide bonds. The number of rotatable bonds is 6. The normalized spacial score (nSPS) is 16.6. The highest BCUT2D eigenvalue weighted by molar-refractivity contribution is 7.89. The van der Waals surface area contributed by atoms with Crippen molar-refractivity contribution in [2.45, 2.75) is 17.7 Å². The Morgan fingerprint density at radius 3 is 2.38 bits per heavy atom. The number of anilines is 1. The summed E-state index contributed by atoms with van der Waals surface area (Å²) in [6.07, 6.45) is 3.25. The third kappa shape index (κ3) is 4.68. The molecule has 2 aliphatic rings. The van der Waals surface area contributed by atoms with E-state index in [0.717, 1.165) is 18.5 Å². The average molecular weight is 549 g/mol. The minimum absolute atomic E-state index is 0.128. The summed E-state index contributed by atoms with van der Waals surface area (Å²) in [7, 11) is -1.90. The number of benzene rings is 2. The van der Waals surface area contributed by atoms with Crippen molar-refractivity contribution in [3.05, 3.63) is 60.4 Å². The number of methoxy groups -OCH3 is 1. The number of carbonyl (C=O) groups is 1. The van der Waals surface area contributed by atoms with Gasteiger partial charge < -0.3 is 14.5 Å². The zero-order chi connectivity index (χ0) is 27.0. The summed E-state index contributed by atoms with van der Waals surface area (Å²) < 4.78 is 34.1. The number of piperazine rings is 1. The average Bonchev–Trinajstić information content (AvgIpc) is 3.68. The van der Waals surface area contributed by atoms with E-state index in [4.69, 9.17) is 4.74 Å². The lowest BCUT2D eigenvalue weighted by Gasteiger charge is -2.35. The van der Waals surface area contributed by atoms with Gasteiger partial charge in [-0.1, -0.05) is 11.3 Å². The van der Waals surface area contributed by atoms with Crippen LogP contribution in [-0.4, -0.2) is 94.9 Å². The fourth-order valence-corrected chi connectivity index (χ4v) is 6.55. The fourth-order valence-electron chi connectivity index (χ4n) is 5.04. The Labute approximate surface area is 225 Å². The first-order valence-electron chi connectivity index (χ1n) is 12.8. The molecule has 0 radical (unpaired) electrons. The second-order valence-electron chi connectivity index (χ2n) is 9.49. The summed E-state index contributed by atoms with van der Waals surface area (Å²) >= 11 is 0. The highest BCUT2D eigenvalue weighted by Crippen LogP contribution is 2.26. The Hall–Kier alpha value is -4.10. The maximum atomic E-state index is 13.2. The molecule has 0 unspecified atom stereocenters. The standard InChI is InChI=1S/C26H28N8O4S/c1-38-21-6-4-5-20(17-21)34-25-23(29-30-34)24(27-18-28-25)31-13-15-32(16-14-31)26(35)19-7-9-22(10-8-19)39(36,37)33-11-2-3-12-33/h4-10,17-18H,2-3,11-16H2,1H3. The monoisotopic (exact) mass is 548 g/mol. The van der Waals surface area contributed by atoms with Crippen LogP contribution in [0.25, 0.3) is 16.9 Å². The van der Waals surface area contributed by atoms with Crippen LogP contribution in [0.1, 0.15) is 23.2 Å². The first-order valence-corrected chi connectivity index (χ1v) is 14.2. The van der Waals surface area contributed by atoms with Crippen LogP contribution in [0.5, 0.6) is 5.75 Å². The number of fused-ring (bicyclic) bond motifs is 1. The zero-order valence-electron chi connectivity index (χ0n) is 21.5. The summed E-state index contributed by atoms with van der Waals surface area (Å²) in [4.78, 5) is 26.1. The predicted octanol–water partition coefficient (Wildman–Crippen LogP) is 1.97. The van der Waals surface area contributed by atoms with E-state index in [0.29, 0.717) is 67.6 Å². The van der Waals surface area contributed by atoms with Crippen molar-refractivity contribution in [2.75, 3.05) is 51.3 Å². The Morgan fingerprint density at radius 2 is 1.67 bits per heavy atom. The lowest BCUT2D eigenvalue weighted by atomic mass is 10.2. The molecular formula is C26H28N8O4S. The predicted molar refractivity (Wildman–Crippen MR) is 144 cm³/mol. The van der Waals surface area contributed by atoms with Crippen molar-refractivity contribution < 1.29 is 17.9 Å². The lowest BCUT2D eigenvalue weighted by Crippen LogP contribution is -2.49. The maximum absolute atomic E-state index is 13.2. The summed E-state index contributed by atoms with van der Waals surface area (Å²) in [6.45, 7) is 3.19. The van der Waals surface area contributed by atoms with Gasteiger partial charge >= 0.3 is 0 Å². The smallest absolute Gasteiger partial charge is 0.253 e. The Bertz CT molecular complexity index is 1610. The Kier molecular flexibility index (Phi) is 6.61. The molecule has 0 spiro atoms. The van der Waals surface area contributed by atoms with Crippen LogP contribution in [0.4, 0.5) is 5.82 Å².